The predicted molar refractivity (Wildman–Crippen MR) is 85.3 cm³/mol. The van der Waals surface area contributed by atoms with Crippen molar-refractivity contribution in [3.63, 3.8) is 0 Å². The Labute approximate surface area is 127 Å². The van der Waals surface area contributed by atoms with E-state index in [0.29, 0.717) is 0 Å². The fourth-order valence-corrected chi connectivity index (χ4v) is 3.48. The molecule has 116 valence electrons. The quantitative estimate of drug-likeness (QED) is 0.899. The number of piperazine rings is 1. The number of hydrogen-bond acceptors (Lipinski definition) is 3. The van der Waals surface area contributed by atoms with E-state index in [-0.39, 0.29) is 5.82 Å². The van der Waals surface area contributed by atoms with Gasteiger partial charge in [0.15, 0.2) is 0 Å². The number of para-hydroxylation sites is 1. The molecule has 2 aliphatic rings. The van der Waals surface area contributed by atoms with Crippen LogP contribution in [0.2, 0.25) is 0 Å². The predicted octanol–water partition coefficient (Wildman–Crippen LogP) is 2.48. The molecule has 4 heteroatoms. The molecule has 1 aliphatic carbocycles. The Kier molecular flexibility index (Phi) is 5.09. The summed E-state index contributed by atoms with van der Waals surface area (Å²) in [4.78, 5) is 4.65. The number of anilines is 1. The highest BCUT2D eigenvalue weighted by molar-refractivity contribution is 5.47. The summed E-state index contributed by atoms with van der Waals surface area (Å²) < 4.78 is 13.8. The third-order valence-electron chi connectivity index (χ3n) is 4.78. The van der Waals surface area contributed by atoms with Gasteiger partial charge in [0, 0.05) is 45.3 Å². The van der Waals surface area contributed by atoms with Crippen LogP contribution in [0.5, 0.6) is 0 Å². The maximum Gasteiger partial charge on any atom is 0.146 e. The molecule has 1 heterocycles. The molecule has 1 aliphatic heterocycles. The first-order chi connectivity index (χ1) is 10.3. The molecule has 1 saturated heterocycles. The smallest absolute Gasteiger partial charge is 0.146 e. The molecule has 2 fully saturated rings. The van der Waals surface area contributed by atoms with Crippen LogP contribution in [0.1, 0.15) is 25.7 Å². The number of halogens is 1. The van der Waals surface area contributed by atoms with Crippen LogP contribution in [0.4, 0.5) is 10.1 Å². The summed E-state index contributed by atoms with van der Waals surface area (Å²) >= 11 is 0. The highest BCUT2D eigenvalue weighted by atomic mass is 19.1. The Morgan fingerprint density at radius 1 is 1.05 bits per heavy atom. The minimum absolute atomic E-state index is 0.103. The lowest BCUT2D eigenvalue weighted by Crippen LogP contribution is -2.48. The van der Waals surface area contributed by atoms with E-state index >= 15 is 0 Å². The number of nitrogens with one attached hydrogen (secondary N) is 1. The number of nitrogens with zero attached hydrogens (tertiary/aromatic N) is 2. The largest absolute Gasteiger partial charge is 0.367 e. The van der Waals surface area contributed by atoms with Gasteiger partial charge < -0.3 is 10.2 Å². The molecular formula is C17H26FN3. The van der Waals surface area contributed by atoms with E-state index in [1.165, 1.54) is 25.7 Å². The van der Waals surface area contributed by atoms with Gasteiger partial charge in [0.25, 0.3) is 0 Å². The fourth-order valence-electron chi connectivity index (χ4n) is 3.48. The number of rotatable bonds is 5. The minimum atomic E-state index is -0.103. The first-order valence-corrected chi connectivity index (χ1v) is 8.28. The second-order valence-electron chi connectivity index (χ2n) is 6.22. The van der Waals surface area contributed by atoms with E-state index in [1.54, 1.807) is 12.1 Å². The van der Waals surface area contributed by atoms with Crippen molar-refractivity contribution in [1.82, 2.24) is 10.2 Å². The molecule has 21 heavy (non-hydrogen) atoms. The Bertz CT molecular complexity index is 437. The van der Waals surface area contributed by atoms with E-state index in [2.05, 4.69) is 15.1 Å². The highest BCUT2D eigenvalue weighted by Crippen LogP contribution is 2.20. The molecule has 0 atom stereocenters. The third kappa shape index (κ3) is 3.95. The van der Waals surface area contributed by atoms with Gasteiger partial charge >= 0.3 is 0 Å². The van der Waals surface area contributed by atoms with Gasteiger partial charge in [-0.15, -0.1) is 0 Å². The Hall–Kier alpha value is -1.13. The molecule has 0 radical (unpaired) electrons. The van der Waals surface area contributed by atoms with Crippen molar-refractivity contribution in [2.24, 2.45) is 0 Å². The summed E-state index contributed by atoms with van der Waals surface area (Å²) in [6.07, 6.45) is 5.47. The molecule has 3 rings (SSSR count). The average Bonchev–Trinajstić information content (AvgIpc) is 3.02. The van der Waals surface area contributed by atoms with E-state index in [0.717, 1.165) is 51.0 Å². The van der Waals surface area contributed by atoms with E-state index < -0.39 is 0 Å². The Balaban J connectivity index is 1.39. The Morgan fingerprint density at radius 3 is 2.48 bits per heavy atom. The van der Waals surface area contributed by atoms with E-state index in [4.69, 9.17) is 0 Å². The number of hydrogen-bond donors (Lipinski definition) is 1. The topological polar surface area (TPSA) is 18.5 Å². The summed E-state index contributed by atoms with van der Waals surface area (Å²) in [7, 11) is 0. The minimum Gasteiger partial charge on any atom is -0.367 e. The number of benzene rings is 1. The first kappa shape index (κ1) is 14.8. The lowest BCUT2D eigenvalue weighted by molar-refractivity contribution is 0.253. The van der Waals surface area contributed by atoms with E-state index in [1.807, 2.05) is 12.1 Å². The molecule has 1 aromatic carbocycles. The van der Waals surface area contributed by atoms with E-state index in [9.17, 15) is 4.39 Å². The zero-order valence-electron chi connectivity index (χ0n) is 12.7. The third-order valence-corrected chi connectivity index (χ3v) is 4.78. The monoisotopic (exact) mass is 291 g/mol. The second-order valence-corrected chi connectivity index (χ2v) is 6.22. The summed E-state index contributed by atoms with van der Waals surface area (Å²) in [6.45, 7) is 6.10. The van der Waals surface area contributed by atoms with Gasteiger partial charge in [0.1, 0.15) is 5.82 Å². The normalized spacial score (nSPS) is 21.1. The van der Waals surface area contributed by atoms with Crippen LogP contribution in [-0.4, -0.2) is 50.2 Å². The lowest BCUT2D eigenvalue weighted by Gasteiger charge is -2.36. The van der Waals surface area contributed by atoms with Crippen LogP contribution >= 0.6 is 0 Å². The van der Waals surface area contributed by atoms with Crippen LogP contribution in [0.15, 0.2) is 24.3 Å². The van der Waals surface area contributed by atoms with Crippen LogP contribution in [-0.2, 0) is 0 Å². The maximum atomic E-state index is 13.8. The van der Waals surface area contributed by atoms with Crippen molar-refractivity contribution in [3.05, 3.63) is 30.1 Å². The molecule has 1 saturated carbocycles. The molecule has 0 spiro atoms. The SMILES string of the molecule is Fc1ccccc1N1CCN(CCNC2CCCC2)CC1. The molecule has 0 unspecified atom stereocenters. The van der Waals surface area contributed by atoms with Gasteiger partial charge in [0.2, 0.25) is 0 Å². The van der Waals surface area contributed by atoms with Gasteiger partial charge in [-0.2, -0.15) is 0 Å². The zero-order valence-corrected chi connectivity index (χ0v) is 12.7. The van der Waals surface area contributed by atoms with Crippen molar-refractivity contribution in [2.45, 2.75) is 31.7 Å². The molecule has 0 aromatic heterocycles. The van der Waals surface area contributed by atoms with Crippen LogP contribution in [0.3, 0.4) is 0 Å². The lowest BCUT2D eigenvalue weighted by atomic mass is 10.2. The highest BCUT2D eigenvalue weighted by Gasteiger charge is 2.19. The first-order valence-electron chi connectivity index (χ1n) is 8.28. The van der Waals surface area contributed by atoms with Crippen LogP contribution < -0.4 is 10.2 Å². The van der Waals surface area contributed by atoms with Gasteiger partial charge in [0.05, 0.1) is 5.69 Å². The molecule has 1 aromatic rings. The summed E-state index contributed by atoms with van der Waals surface area (Å²) in [6, 6.07) is 7.85. The van der Waals surface area contributed by atoms with Gasteiger partial charge in [-0.3, -0.25) is 4.90 Å². The van der Waals surface area contributed by atoms with Crippen molar-refractivity contribution in [1.29, 1.82) is 0 Å². The van der Waals surface area contributed by atoms with Crippen molar-refractivity contribution >= 4 is 5.69 Å². The van der Waals surface area contributed by atoms with Crippen LogP contribution in [0.25, 0.3) is 0 Å². The molecule has 3 nitrogen and oxygen atoms in total. The average molecular weight is 291 g/mol. The molecule has 0 bridgehead atoms. The van der Waals surface area contributed by atoms with Crippen molar-refractivity contribution in [2.75, 3.05) is 44.2 Å². The molecular weight excluding hydrogens is 265 g/mol. The molecule has 0 amide bonds. The second kappa shape index (κ2) is 7.23. The maximum absolute atomic E-state index is 13.8. The zero-order chi connectivity index (χ0) is 14.5. The van der Waals surface area contributed by atoms with Crippen LogP contribution in [0, 0.1) is 5.82 Å². The Morgan fingerprint density at radius 2 is 1.76 bits per heavy atom. The van der Waals surface area contributed by atoms with Gasteiger partial charge in [-0.1, -0.05) is 25.0 Å². The molecule has 1 N–H and O–H groups in total. The summed E-state index contributed by atoms with van der Waals surface area (Å²) in [5, 5.41) is 3.67. The van der Waals surface area contributed by atoms with Crippen molar-refractivity contribution in [3.8, 4) is 0 Å². The standard InChI is InChI=1S/C17H26FN3/c18-16-7-3-4-8-17(16)21-13-11-20(12-14-21)10-9-19-15-5-1-2-6-15/h3-4,7-8,15,19H,1-2,5-6,9-14H2. The van der Waals surface area contributed by atoms with Crippen molar-refractivity contribution < 1.29 is 4.39 Å². The fraction of sp³-hybridized carbons (Fsp3) is 0.647. The summed E-state index contributed by atoms with van der Waals surface area (Å²) in [5.41, 5.74) is 0.751. The summed E-state index contributed by atoms with van der Waals surface area (Å²) in [5.74, 6) is -0.103. The van der Waals surface area contributed by atoms with Gasteiger partial charge in [-0.05, 0) is 25.0 Å². The van der Waals surface area contributed by atoms with Gasteiger partial charge in [-0.25, -0.2) is 4.39 Å².